The molecule has 0 unspecified atom stereocenters. The van der Waals surface area contributed by atoms with Gasteiger partial charge in [-0.1, -0.05) is 48.5 Å². The number of fused-ring (bicyclic) bond motifs is 1. The molecule has 3 aromatic rings. The third-order valence-electron chi connectivity index (χ3n) is 4.23. The second-order valence-electron chi connectivity index (χ2n) is 6.14. The van der Waals surface area contributed by atoms with Crippen LogP contribution in [-0.2, 0) is 9.59 Å². The van der Waals surface area contributed by atoms with E-state index in [0.717, 1.165) is 21.9 Å². The summed E-state index contributed by atoms with van der Waals surface area (Å²) < 4.78 is 0. The zero-order chi connectivity index (χ0) is 19.4. The van der Waals surface area contributed by atoms with E-state index in [1.54, 1.807) is 12.1 Å². The lowest BCUT2D eigenvalue weighted by molar-refractivity contribution is -0.136. The average molecular weight is 361 g/mol. The Labute approximate surface area is 156 Å². The lowest BCUT2D eigenvalue weighted by Gasteiger charge is -2.10. The second-order valence-corrected chi connectivity index (χ2v) is 6.14. The van der Waals surface area contributed by atoms with Crippen LogP contribution >= 0.6 is 0 Å². The first-order valence-electron chi connectivity index (χ1n) is 8.38. The molecular weight excluding hydrogens is 342 g/mol. The number of amides is 2. The van der Waals surface area contributed by atoms with Crippen LogP contribution in [0.5, 0.6) is 5.75 Å². The molecule has 0 aliphatic rings. The Morgan fingerprint density at radius 2 is 1.63 bits per heavy atom. The Morgan fingerprint density at radius 1 is 0.926 bits per heavy atom. The number of hydrogen-bond acceptors (Lipinski definition) is 4. The Morgan fingerprint density at radius 3 is 2.37 bits per heavy atom. The molecule has 0 bridgehead atoms. The van der Waals surface area contributed by atoms with E-state index in [2.05, 4.69) is 15.8 Å². The van der Waals surface area contributed by atoms with Crippen LogP contribution in [0.3, 0.4) is 0 Å². The molecule has 136 valence electrons. The number of carbonyl (C=O) groups excluding carboxylic acids is 2. The van der Waals surface area contributed by atoms with Gasteiger partial charge in [0.15, 0.2) is 0 Å². The number of anilines is 1. The van der Waals surface area contributed by atoms with Crippen molar-refractivity contribution in [1.29, 1.82) is 0 Å². The third kappa shape index (κ3) is 3.95. The van der Waals surface area contributed by atoms with Gasteiger partial charge in [-0.2, -0.15) is 5.10 Å². The van der Waals surface area contributed by atoms with Gasteiger partial charge < -0.3 is 10.4 Å². The van der Waals surface area contributed by atoms with Gasteiger partial charge in [0.1, 0.15) is 5.75 Å². The topological polar surface area (TPSA) is 90.8 Å². The van der Waals surface area contributed by atoms with Crippen LogP contribution in [-0.4, -0.2) is 23.1 Å². The van der Waals surface area contributed by atoms with Crippen molar-refractivity contribution in [2.24, 2.45) is 5.10 Å². The number of aromatic hydroxyl groups is 1. The van der Waals surface area contributed by atoms with Gasteiger partial charge in [0.05, 0.1) is 6.21 Å². The van der Waals surface area contributed by atoms with E-state index in [1.807, 2.05) is 56.3 Å². The predicted octanol–water partition coefficient (Wildman–Crippen LogP) is 3.25. The molecule has 3 N–H and O–H groups in total. The summed E-state index contributed by atoms with van der Waals surface area (Å²) in [5, 5.41) is 18.2. The van der Waals surface area contributed by atoms with Crippen LogP contribution in [0.15, 0.2) is 59.7 Å². The maximum Gasteiger partial charge on any atom is 0.329 e. The normalized spacial score (nSPS) is 10.9. The monoisotopic (exact) mass is 361 g/mol. The van der Waals surface area contributed by atoms with Crippen molar-refractivity contribution in [2.75, 3.05) is 5.32 Å². The molecule has 0 spiro atoms. The Bertz CT molecular complexity index is 1040. The number of para-hydroxylation sites is 1. The van der Waals surface area contributed by atoms with E-state index in [4.69, 9.17) is 0 Å². The fourth-order valence-electron chi connectivity index (χ4n) is 2.81. The van der Waals surface area contributed by atoms with Crippen molar-refractivity contribution in [3.8, 4) is 5.75 Å². The number of hydrazone groups is 1. The molecule has 0 fully saturated rings. The van der Waals surface area contributed by atoms with E-state index in [9.17, 15) is 14.7 Å². The lowest BCUT2D eigenvalue weighted by Crippen LogP contribution is -2.32. The van der Waals surface area contributed by atoms with E-state index >= 15 is 0 Å². The van der Waals surface area contributed by atoms with Crippen molar-refractivity contribution in [1.82, 2.24) is 5.43 Å². The van der Waals surface area contributed by atoms with Crippen LogP contribution in [0, 0.1) is 13.8 Å². The number of nitrogens with zero attached hydrogens (tertiary/aromatic N) is 1. The highest BCUT2D eigenvalue weighted by atomic mass is 16.3. The highest BCUT2D eigenvalue weighted by Gasteiger charge is 2.15. The Balaban J connectivity index is 1.72. The highest BCUT2D eigenvalue weighted by molar-refractivity contribution is 6.39. The van der Waals surface area contributed by atoms with Crippen LogP contribution in [0.1, 0.15) is 16.7 Å². The summed E-state index contributed by atoms with van der Waals surface area (Å²) in [7, 11) is 0. The quantitative estimate of drug-likeness (QED) is 0.380. The number of phenols is 1. The molecule has 27 heavy (non-hydrogen) atoms. The van der Waals surface area contributed by atoms with Crippen LogP contribution in [0.4, 0.5) is 5.69 Å². The number of benzene rings is 3. The smallest absolute Gasteiger partial charge is 0.329 e. The summed E-state index contributed by atoms with van der Waals surface area (Å²) in [5.74, 6) is -1.67. The minimum Gasteiger partial charge on any atom is -0.507 e. The van der Waals surface area contributed by atoms with E-state index in [0.29, 0.717) is 11.3 Å². The fourth-order valence-corrected chi connectivity index (χ4v) is 2.81. The molecule has 0 saturated carbocycles. The molecule has 0 aliphatic heterocycles. The number of aryl methyl sites for hydroxylation is 2. The molecule has 0 heterocycles. The molecular formula is C21H19N3O3. The highest BCUT2D eigenvalue weighted by Crippen LogP contribution is 2.25. The first-order valence-corrected chi connectivity index (χ1v) is 8.38. The number of phenolic OH excluding ortho intramolecular Hbond substituents is 1. The van der Waals surface area contributed by atoms with Gasteiger partial charge in [0.25, 0.3) is 0 Å². The van der Waals surface area contributed by atoms with Gasteiger partial charge in [0.2, 0.25) is 0 Å². The largest absolute Gasteiger partial charge is 0.507 e. The molecule has 6 heteroatoms. The average Bonchev–Trinajstić information content (AvgIpc) is 2.66. The first kappa shape index (κ1) is 18.1. The van der Waals surface area contributed by atoms with Crippen LogP contribution in [0.2, 0.25) is 0 Å². The summed E-state index contributed by atoms with van der Waals surface area (Å²) in [6.07, 6.45) is 1.32. The van der Waals surface area contributed by atoms with E-state index in [-0.39, 0.29) is 5.75 Å². The van der Waals surface area contributed by atoms with Crippen molar-refractivity contribution in [3.63, 3.8) is 0 Å². The van der Waals surface area contributed by atoms with Crippen LogP contribution < -0.4 is 10.7 Å². The second kappa shape index (κ2) is 7.70. The maximum absolute atomic E-state index is 12.1. The molecule has 0 saturated heterocycles. The zero-order valence-corrected chi connectivity index (χ0v) is 15.0. The fraction of sp³-hybridized carbons (Fsp3) is 0.0952. The molecule has 2 amide bonds. The van der Waals surface area contributed by atoms with Gasteiger partial charge >= 0.3 is 11.8 Å². The lowest BCUT2D eigenvalue weighted by atomic mass is 10.0. The van der Waals surface area contributed by atoms with Crippen molar-refractivity contribution < 1.29 is 14.7 Å². The van der Waals surface area contributed by atoms with Crippen molar-refractivity contribution in [2.45, 2.75) is 13.8 Å². The number of rotatable bonds is 3. The van der Waals surface area contributed by atoms with Gasteiger partial charge in [0, 0.05) is 11.3 Å². The van der Waals surface area contributed by atoms with Gasteiger partial charge in [-0.15, -0.1) is 0 Å². The summed E-state index contributed by atoms with van der Waals surface area (Å²) in [4.78, 5) is 24.1. The maximum atomic E-state index is 12.1. The van der Waals surface area contributed by atoms with Gasteiger partial charge in [-0.25, -0.2) is 5.43 Å². The van der Waals surface area contributed by atoms with Gasteiger partial charge in [-0.3, -0.25) is 9.59 Å². The number of hydrogen-bond donors (Lipinski definition) is 3. The standard InChI is InChI=1S/C21H19N3O3/c1-13-6-5-7-14(2)19(13)23-20(26)21(27)24-22-12-17-16-9-4-3-8-15(16)10-11-18(17)25/h3-12,25H,1-2H3,(H,23,26)(H,24,27)/b22-12+. The minimum absolute atomic E-state index is 0.0340. The van der Waals surface area contributed by atoms with Crippen LogP contribution in [0.25, 0.3) is 10.8 Å². The zero-order valence-electron chi connectivity index (χ0n) is 15.0. The summed E-state index contributed by atoms with van der Waals surface area (Å²) in [5.41, 5.74) is 4.98. The molecule has 0 atom stereocenters. The van der Waals surface area contributed by atoms with E-state index < -0.39 is 11.8 Å². The van der Waals surface area contributed by atoms with Crippen molar-refractivity contribution in [3.05, 3.63) is 71.3 Å². The SMILES string of the molecule is Cc1cccc(C)c1NC(=O)C(=O)N/N=C/c1c(O)ccc2ccccc12. The number of carbonyl (C=O) groups is 2. The molecule has 6 nitrogen and oxygen atoms in total. The molecule has 0 aliphatic carbocycles. The molecule has 3 aromatic carbocycles. The third-order valence-corrected chi connectivity index (χ3v) is 4.23. The van der Waals surface area contributed by atoms with Gasteiger partial charge in [-0.05, 0) is 41.8 Å². The van der Waals surface area contributed by atoms with E-state index in [1.165, 1.54) is 6.21 Å². The summed E-state index contributed by atoms with van der Waals surface area (Å²) in [6.45, 7) is 3.70. The predicted molar refractivity (Wildman–Crippen MR) is 106 cm³/mol. The minimum atomic E-state index is -0.895. The number of nitrogens with one attached hydrogen (secondary N) is 2. The first-order chi connectivity index (χ1) is 13.0. The Hall–Kier alpha value is -3.67. The van der Waals surface area contributed by atoms with Crippen molar-refractivity contribution >= 4 is 34.5 Å². The summed E-state index contributed by atoms with van der Waals surface area (Å²) in [6, 6.07) is 16.4. The molecule has 0 aromatic heterocycles. The summed E-state index contributed by atoms with van der Waals surface area (Å²) >= 11 is 0. The Kier molecular flexibility index (Phi) is 5.17. The molecule has 0 radical (unpaired) electrons. The molecule has 3 rings (SSSR count).